The topological polar surface area (TPSA) is 94.8 Å². The summed E-state index contributed by atoms with van der Waals surface area (Å²) in [7, 11) is -3.95. The van der Waals surface area contributed by atoms with Gasteiger partial charge in [0.05, 0.1) is 17.9 Å². The smallest absolute Gasteiger partial charge is 0.307 e. The molecular formula is C19H17FN2O5S. The Balaban J connectivity index is 1.63. The Morgan fingerprint density at radius 2 is 1.96 bits per heavy atom. The first-order valence-corrected chi connectivity index (χ1v) is 10.0. The van der Waals surface area contributed by atoms with E-state index in [1.54, 1.807) is 18.3 Å². The van der Waals surface area contributed by atoms with E-state index in [0.717, 1.165) is 17.7 Å². The lowest BCUT2D eigenvalue weighted by molar-refractivity contribution is -0.144. The lowest BCUT2D eigenvalue weighted by Gasteiger charge is -2.07. The summed E-state index contributed by atoms with van der Waals surface area (Å²) >= 11 is 0. The van der Waals surface area contributed by atoms with E-state index in [1.807, 2.05) is 6.92 Å². The van der Waals surface area contributed by atoms with Crippen LogP contribution in [0.4, 0.5) is 4.39 Å². The second kappa shape index (κ2) is 7.89. The van der Waals surface area contributed by atoms with Gasteiger partial charge in [-0.1, -0.05) is 18.2 Å². The minimum Gasteiger partial charge on any atom is -0.459 e. The van der Waals surface area contributed by atoms with Crippen molar-refractivity contribution in [3.05, 3.63) is 76.1 Å². The van der Waals surface area contributed by atoms with E-state index in [4.69, 9.17) is 4.74 Å². The number of nitrogens with zero attached hydrogens (tertiary/aromatic N) is 2. The molecule has 0 fully saturated rings. The number of esters is 1. The quantitative estimate of drug-likeness (QED) is 0.584. The van der Waals surface area contributed by atoms with Gasteiger partial charge in [0.25, 0.3) is 5.56 Å². The van der Waals surface area contributed by atoms with Crippen LogP contribution in [0.3, 0.4) is 0 Å². The van der Waals surface area contributed by atoms with E-state index < -0.39 is 38.7 Å². The van der Waals surface area contributed by atoms with Crippen LogP contribution in [0, 0.1) is 12.7 Å². The number of carbonyl (C=O) groups is 1. The Morgan fingerprint density at radius 3 is 2.71 bits per heavy atom. The van der Waals surface area contributed by atoms with Crippen molar-refractivity contribution in [2.45, 2.75) is 24.8 Å². The first kappa shape index (κ1) is 19.7. The summed E-state index contributed by atoms with van der Waals surface area (Å²) in [6.07, 6.45) is 1.20. The predicted octanol–water partition coefficient (Wildman–Crippen LogP) is 2.05. The van der Waals surface area contributed by atoms with Crippen molar-refractivity contribution in [3.8, 4) is 0 Å². The molecule has 0 aliphatic heterocycles. The Morgan fingerprint density at radius 1 is 1.21 bits per heavy atom. The average Bonchev–Trinajstić information content (AvgIpc) is 2.65. The molecule has 0 aliphatic rings. The number of pyridine rings is 1. The number of aromatic nitrogens is 2. The Labute approximate surface area is 160 Å². The average molecular weight is 404 g/mol. The van der Waals surface area contributed by atoms with Crippen LogP contribution in [-0.2, 0) is 26.0 Å². The monoisotopic (exact) mass is 404 g/mol. The standard InChI is InChI=1S/C19H17FN2O5S/c1-13-6-7-17-21-14(10-18(23)22(17)11-13)12-27-19(24)8-9-28(25,26)16-5-3-2-4-15(16)20/h2-7,10-11H,8-9,12H2,1H3. The van der Waals surface area contributed by atoms with Crippen molar-refractivity contribution >= 4 is 21.5 Å². The fourth-order valence-electron chi connectivity index (χ4n) is 2.58. The van der Waals surface area contributed by atoms with E-state index in [2.05, 4.69) is 4.98 Å². The van der Waals surface area contributed by atoms with Crippen molar-refractivity contribution in [2.24, 2.45) is 0 Å². The maximum absolute atomic E-state index is 13.6. The highest BCUT2D eigenvalue weighted by atomic mass is 32.2. The number of benzene rings is 1. The number of halogens is 1. The molecule has 0 N–H and O–H groups in total. The van der Waals surface area contributed by atoms with Gasteiger partial charge in [0.2, 0.25) is 0 Å². The Hall–Kier alpha value is -3.07. The molecular weight excluding hydrogens is 387 g/mol. The molecule has 1 aromatic carbocycles. The summed E-state index contributed by atoms with van der Waals surface area (Å²) in [4.78, 5) is 27.8. The van der Waals surface area contributed by atoms with Gasteiger partial charge in [-0.3, -0.25) is 14.0 Å². The molecule has 3 rings (SSSR count). The van der Waals surface area contributed by atoms with Crippen LogP contribution >= 0.6 is 0 Å². The molecule has 7 nitrogen and oxygen atoms in total. The van der Waals surface area contributed by atoms with Gasteiger partial charge in [-0.2, -0.15) is 0 Å². The van der Waals surface area contributed by atoms with Crippen molar-refractivity contribution in [3.63, 3.8) is 0 Å². The van der Waals surface area contributed by atoms with Crippen molar-refractivity contribution in [2.75, 3.05) is 5.75 Å². The van der Waals surface area contributed by atoms with Crippen LogP contribution in [0.5, 0.6) is 0 Å². The van der Waals surface area contributed by atoms with Gasteiger partial charge < -0.3 is 4.74 Å². The molecule has 0 amide bonds. The second-order valence-corrected chi connectivity index (χ2v) is 8.26. The van der Waals surface area contributed by atoms with Crippen molar-refractivity contribution < 1.29 is 22.3 Å². The molecule has 2 heterocycles. The van der Waals surface area contributed by atoms with Gasteiger partial charge >= 0.3 is 5.97 Å². The van der Waals surface area contributed by atoms with Crippen molar-refractivity contribution in [1.82, 2.24) is 9.38 Å². The Bertz CT molecular complexity index is 1200. The molecule has 0 radical (unpaired) electrons. The maximum atomic E-state index is 13.6. The number of hydrogen-bond acceptors (Lipinski definition) is 6. The number of sulfone groups is 1. The summed E-state index contributed by atoms with van der Waals surface area (Å²) in [5, 5.41) is 0. The minimum atomic E-state index is -3.95. The first-order chi connectivity index (χ1) is 13.3. The minimum absolute atomic E-state index is 0.249. The zero-order chi connectivity index (χ0) is 20.3. The van der Waals surface area contributed by atoms with Crippen LogP contribution in [0.15, 0.2) is 58.4 Å². The number of carbonyl (C=O) groups excluding carboxylic acids is 1. The molecule has 3 aromatic rings. The fraction of sp³-hybridized carbons (Fsp3) is 0.211. The third kappa shape index (κ3) is 4.42. The summed E-state index contributed by atoms with van der Waals surface area (Å²) in [5.74, 6) is -2.24. The summed E-state index contributed by atoms with van der Waals surface area (Å²) in [6, 6.07) is 9.67. The Kier molecular flexibility index (Phi) is 5.55. The van der Waals surface area contributed by atoms with Crippen molar-refractivity contribution in [1.29, 1.82) is 0 Å². The van der Waals surface area contributed by atoms with E-state index in [0.29, 0.717) is 5.65 Å². The van der Waals surface area contributed by atoms with Crippen LogP contribution < -0.4 is 5.56 Å². The van der Waals surface area contributed by atoms with Gasteiger partial charge in [0, 0.05) is 12.3 Å². The third-order valence-corrected chi connectivity index (χ3v) is 5.73. The first-order valence-electron chi connectivity index (χ1n) is 8.38. The van der Waals surface area contributed by atoms with Gasteiger partial charge in [0.15, 0.2) is 9.84 Å². The maximum Gasteiger partial charge on any atom is 0.307 e. The van der Waals surface area contributed by atoms with Crippen LogP contribution in [0.25, 0.3) is 5.65 Å². The zero-order valence-corrected chi connectivity index (χ0v) is 15.8. The van der Waals surface area contributed by atoms with Gasteiger partial charge in [-0.25, -0.2) is 17.8 Å². The molecule has 0 spiro atoms. The molecule has 0 unspecified atom stereocenters. The summed E-state index contributed by atoms with van der Waals surface area (Å²) in [5.41, 5.74) is 1.24. The van der Waals surface area contributed by atoms with E-state index in [1.165, 1.54) is 22.6 Å². The lowest BCUT2D eigenvalue weighted by Crippen LogP contribution is -2.18. The van der Waals surface area contributed by atoms with Crippen LogP contribution in [-0.4, -0.2) is 29.5 Å². The molecule has 0 saturated heterocycles. The SMILES string of the molecule is Cc1ccc2nc(COC(=O)CCS(=O)(=O)c3ccccc3F)cc(=O)n2c1. The number of rotatable bonds is 6. The van der Waals surface area contributed by atoms with Gasteiger partial charge in [-0.05, 0) is 30.7 Å². The van der Waals surface area contributed by atoms with E-state index in [-0.39, 0.29) is 17.9 Å². The highest BCUT2D eigenvalue weighted by molar-refractivity contribution is 7.91. The van der Waals surface area contributed by atoms with E-state index in [9.17, 15) is 22.4 Å². The third-order valence-electron chi connectivity index (χ3n) is 3.99. The highest BCUT2D eigenvalue weighted by Gasteiger charge is 2.20. The molecule has 9 heteroatoms. The number of ether oxygens (including phenoxy) is 1. The zero-order valence-electron chi connectivity index (χ0n) is 15.0. The molecule has 28 heavy (non-hydrogen) atoms. The summed E-state index contributed by atoms with van der Waals surface area (Å²) in [6.45, 7) is 1.58. The normalized spacial score (nSPS) is 11.5. The second-order valence-electron chi connectivity index (χ2n) is 6.18. The number of hydrogen-bond donors (Lipinski definition) is 0. The molecule has 0 aliphatic carbocycles. The number of fused-ring (bicyclic) bond motifs is 1. The van der Waals surface area contributed by atoms with Gasteiger partial charge in [0.1, 0.15) is 23.0 Å². The number of aryl methyl sites for hydroxylation is 1. The molecule has 2 aromatic heterocycles. The van der Waals surface area contributed by atoms with E-state index >= 15 is 0 Å². The molecule has 146 valence electrons. The predicted molar refractivity (Wildman–Crippen MR) is 99.1 cm³/mol. The van der Waals surface area contributed by atoms with Gasteiger partial charge in [-0.15, -0.1) is 0 Å². The molecule has 0 bridgehead atoms. The highest BCUT2D eigenvalue weighted by Crippen LogP contribution is 2.16. The fourth-order valence-corrected chi connectivity index (χ4v) is 3.89. The largest absolute Gasteiger partial charge is 0.459 e. The summed E-state index contributed by atoms with van der Waals surface area (Å²) < 4.78 is 44.3. The lowest BCUT2D eigenvalue weighted by atomic mass is 10.3. The van der Waals surface area contributed by atoms with Crippen LogP contribution in [0.2, 0.25) is 0 Å². The van der Waals surface area contributed by atoms with Crippen LogP contribution in [0.1, 0.15) is 17.7 Å². The molecule has 0 saturated carbocycles. The molecule has 0 atom stereocenters.